The van der Waals surface area contributed by atoms with Gasteiger partial charge < -0.3 is 10.1 Å². The normalized spacial score (nSPS) is 18.0. The molecule has 166 valence electrons. The first-order valence-electron chi connectivity index (χ1n) is 10.6. The van der Waals surface area contributed by atoms with Gasteiger partial charge in [0.05, 0.1) is 23.7 Å². The molecule has 0 aromatic heterocycles. The van der Waals surface area contributed by atoms with Crippen LogP contribution in [0.15, 0.2) is 58.5 Å². The number of methoxy groups -OCH3 is 1. The van der Waals surface area contributed by atoms with Crippen molar-refractivity contribution in [3.8, 4) is 5.75 Å². The van der Waals surface area contributed by atoms with Crippen molar-refractivity contribution in [3.05, 3.63) is 54.1 Å². The topological polar surface area (TPSA) is 83.4 Å². The van der Waals surface area contributed by atoms with E-state index < -0.39 is 11.3 Å². The van der Waals surface area contributed by atoms with Gasteiger partial charge in [-0.3, -0.25) is 14.6 Å². The maximum absolute atomic E-state index is 13.2. The number of anilines is 1. The minimum absolute atomic E-state index is 0.0647. The van der Waals surface area contributed by atoms with Gasteiger partial charge in [0.2, 0.25) is 5.91 Å². The minimum Gasteiger partial charge on any atom is -0.495 e. The van der Waals surface area contributed by atoms with Gasteiger partial charge in [-0.2, -0.15) is 0 Å². The molecule has 0 spiro atoms. The first-order chi connectivity index (χ1) is 15.4. The summed E-state index contributed by atoms with van der Waals surface area (Å²) in [6, 6.07) is 14.5. The Morgan fingerprint density at radius 1 is 1.19 bits per heavy atom. The first-order valence-corrected chi connectivity index (χ1v) is 11.5. The summed E-state index contributed by atoms with van der Waals surface area (Å²) < 4.78 is 5.34. The molecule has 2 heterocycles. The molecule has 2 atom stereocenters. The average molecular weight is 451 g/mol. The summed E-state index contributed by atoms with van der Waals surface area (Å²) in [6.45, 7) is 5.90. The van der Waals surface area contributed by atoms with Crippen molar-refractivity contribution >= 4 is 46.0 Å². The molecule has 8 heteroatoms. The highest BCUT2D eigenvalue weighted by atomic mass is 32.2. The van der Waals surface area contributed by atoms with Crippen molar-refractivity contribution in [1.82, 2.24) is 4.90 Å². The Balaban J connectivity index is 1.63. The third kappa shape index (κ3) is 4.02. The number of aliphatic imine (C=N–C) groups is 2. The molecule has 7 nitrogen and oxygen atoms in total. The second kappa shape index (κ2) is 9.16. The van der Waals surface area contributed by atoms with Crippen LogP contribution in [0.2, 0.25) is 0 Å². The molecule has 0 saturated carbocycles. The van der Waals surface area contributed by atoms with E-state index in [1.54, 1.807) is 24.1 Å². The summed E-state index contributed by atoms with van der Waals surface area (Å²) in [5, 5.41) is 2.98. The van der Waals surface area contributed by atoms with E-state index in [1.807, 2.05) is 57.2 Å². The summed E-state index contributed by atoms with van der Waals surface area (Å²) >= 11 is 1.29. The fourth-order valence-corrected chi connectivity index (χ4v) is 4.71. The fourth-order valence-electron chi connectivity index (χ4n) is 3.69. The summed E-state index contributed by atoms with van der Waals surface area (Å²) in [5.41, 5.74) is 2.19. The van der Waals surface area contributed by atoms with Crippen LogP contribution in [0.1, 0.15) is 32.8 Å². The molecular weight excluding hydrogens is 424 g/mol. The van der Waals surface area contributed by atoms with Gasteiger partial charge in [-0.25, -0.2) is 9.89 Å². The van der Waals surface area contributed by atoms with Crippen molar-refractivity contribution in [3.63, 3.8) is 0 Å². The molecule has 32 heavy (non-hydrogen) atoms. The molecular formula is C24H26N4O3S. The molecule has 0 unspecified atom stereocenters. The zero-order valence-corrected chi connectivity index (χ0v) is 19.3. The van der Waals surface area contributed by atoms with Gasteiger partial charge in [0.25, 0.3) is 5.91 Å². The highest BCUT2D eigenvalue weighted by Crippen LogP contribution is 2.36. The molecule has 0 saturated heterocycles. The van der Waals surface area contributed by atoms with Gasteiger partial charge in [-0.15, -0.1) is 0 Å². The highest BCUT2D eigenvalue weighted by molar-refractivity contribution is 8.15. The van der Waals surface area contributed by atoms with Crippen LogP contribution in [-0.4, -0.2) is 46.1 Å². The summed E-state index contributed by atoms with van der Waals surface area (Å²) in [4.78, 5) is 37.4. The summed E-state index contributed by atoms with van der Waals surface area (Å²) in [7, 11) is 1.57. The van der Waals surface area contributed by atoms with Crippen LogP contribution in [0.3, 0.4) is 0 Å². The Labute approximate surface area is 192 Å². The Morgan fingerprint density at radius 2 is 1.91 bits per heavy atom. The Hall–Kier alpha value is -3.13. The number of amides is 2. The van der Waals surface area contributed by atoms with Crippen LogP contribution in [0.25, 0.3) is 0 Å². The average Bonchev–Trinajstić information content (AvgIpc) is 3.15. The van der Waals surface area contributed by atoms with Crippen molar-refractivity contribution < 1.29 is 14.3 Å². The van der Waals surface area contributed by atoms with Crippen LogP contribution >= 0.6 is 11.8 Å². The lowest BCUT2D eigenvalue weighted by Crippen LogP contribution is -2.43. The largest absolute Gasteiger partial charge is 0.495 e. The lowest BCUT2D eigenvalue weighted by Gasteiger charge is -2.27. The number of nitrogens with one attached hydrogen (secondary N) is 1. The van der Waals surface area contributed by atoms with Gasteiger partial charge >= 0.3 is 0 Å². The van der Waals surface area contributed by atoms with Gasteiger partial charge in [0.1, 0.15) is 17.6 Å². The maximum Gasteiger partial charge on any atom is 0.259 e. The minimum atomic E-state index is -0.454. The molecule has 0 fully saturated rings. The van der Waals surface area contributed by atoms with E-state index in [0.717, 1.165) is 11.3 Å². The predicted molar refractivity (Wildman–Crippen MR) is 129 cm³/mol. The first kappa shape index (κ1) is 22.1. The number of benzene rings is 2. The van der Waals surface area contributed by atoms with Gasteiger partial charge in [-0.05, 0) is 36.6 Å². The standard InChI is InChI=1S/C24H26N4O3S/c1-5-19(22(29)25-17-12-8-9-13-18(17)31-4)32-24-26-16-11-7-6-10-15(16)21-27-20(14(2)3)23(30)28(21)24/h6-14,19-20H,5H2,1-4H3,(H,25,29)/t19-,20+/m0/s1. The second-order valence-electron chi connectivity index (χ2n) is 7.93. The number of para-hydroxylation sites is 3. The van der Waals surface area contributed by atoms with Gasteiger partial charge in [0, 0.05) is 5.56 Å². The van der Waals surface area contributed by atoms with Gasteiger partial charge in [0.15, 0.2) is 5.17 Å². The molecule has 1 N–H and O–H groups in total. The molecule has 2 aliphatic heterocycles. The number of fused-ring (bicyclic) bond motifs is 3. The van der Waals surface area contributed by atoms with E-state index in [4.69, 9.17) is 14.7 Å². The Bertz CT molecular complexity index is 1110. The number of thioether (sulfide) groups is 1. The van der Waals surface area contributed by atoms with Crippen LogP contribution in [-0.2, 0) is 9.59 Å². The van der Waals surface area contributed by atoms with Crippen LogP contribution in [0, 0.1) is 5.92 Å². The van der Waals surface area contributed by atoms with Crippen molar-refractivity contribution in [2.45, 2.75) is 38.5 Å². The number of hydrogen-bond acceptors (Lipinski definition) is 6. The van der Waals surface area contributed by atoms with E-state index in [2.05, 4.69) is 5.32 Å². The third-order valence-electron chi connectivity index (χ3n) is 5.41. The zero-order valence-electron chi connectivity index (χ0n) is 18.5. The van der Waals surface area contributed by atoms with Crippen LogP contribution < -0.4 is 10.1 Å². The Morgan fingerprint density at radius 3 is 2.62 bits per heavy atom. The summed E-state index contributed by atoms with van der Waals surface area (Å²) in [5.74, 6) is 0.995. The van der Waals surface area contributed by atoms with Crippen molar-refractivity contribution in [1.29, 1.82) is 0 Å². The lowest BCUT2D eigenvalue weighted by atomic mass is 10.1. The van der Waals surface area contributed by atoms with E-state index in [-0.39, 0.29) is 17.7 Å². The lowest BCUT2D eigenvalue weighted by molar-refractivity contribution is -0.125. The van der Waals surface area contributed by atoms with E-state index in [0.29, 0.717) is 28.9 Å². The SMILES string of the molecule is CC[C@H](SC1=Nc2ccccc2C2=N[C@H](C(C)C)C(=O)N12)C(=O)Nc1ccccc1OC. The van der Waals surface area contributed by atoms with Crippen LogP contribution in [0.4, 0.5) is 11.4 Å². The maximum atomic E-state index is 13.2. The molecule has 4 rings (SSSR count). The fraction of sp³-hybridized carbons (Fsp3) is 0.333. The third-order valence-corrected chi connectivity index (χ3v) is 6.72. The van der Waals surface area contributed by atoms with Gasteiger partial charge in [-0.1, -0.05) is 56.8 Å². The Kier molecular flexibility index (Phi) is 6.32. The second-order valence-corrected chi connectivity index (χ2v) is 9.10. The zero-order chi connectivity index (χ0) is 22.8. The smallest absolute Gasteiger partial charge is 0.259 e. The molecule has 0 bridgehead atoms. The monoisotopic (exact) mass is 450 g/mol. The molecule has 2 aliphatic rings. The molecule has 0 aliphatic carbocycles. The summed E-state index contributed by atoms with van der Waals surface area (Å²) in [6.07, 6.45) is 0.564. The quantitative estimate of drug-likeness (QED) is 0.704. The number of rotatable bonds is 6. The highest BCUT2D eigenvalue weighted by Gasteiger charge is 2.43. The van der Waals surface area contributed by atoms with Crippen LogP contribution in [0.5, 0.6) is 5.75 Å². The number of carbonyl (C=O) groups is 2. The number of amidine groups is 2. The van der Waals surface area contributed by atoms with E-state index >= 15 is 0 Å². The van der Waals surface area contributed by atoms with Crippen molar-refractivity contribution in [2.24, 2.45) is 15.9 Å². The number of hydrogen-bond donors (Lipinski definition) is 1. The van der Waals surface area contributed by atoms with E-state index in [9.17, 15) is 9.59 Å². The predicted octanol–water partition coefficient (Wildman–Crippen LogP) is 4.46. The number of ether oxygens (including phenoxy) is 1. The van der Waals surface area contributed by atoms with Crippen molar-refractivity contribution in [2.75, 3.05) is 12.4 Å². The molecule has 2 aromatic carbocycles. The number of carbonyl (C=O) groups excluding carboxylic acids is 2. The molecule has 2 aromatic rings. The molecule has 0 radical (unpaired) electrons. The molecule has 2 amide bonds. The number of nitrogens with zero attached hydrogens (tertiary/aromatic N) is 3. The van der Waals surface area contributed by atoms with E-state index in [1.165, 1.54) is 11.8 Å².